The first-order valence-corrected chi connectivity index (χ1v) is 10.7. The highest BCUT2D eigenvalue weighted by molar-refractivity contribution is 8.26. The van der Waals surface area contributed by atoms with Crippen molar-refractivity contribution in [2.75, 3.05) is 19.9 Å². The molecule has 1 fully saturated rings. The number of amides is 2. The maximum atomic E-state index is 12.8. The molecule has 0 saturated carbocycles. The van der Waals surface area contributed by atoms with Gasteiger partial charge >= 0.3 is 0 Å². The minimum Gasteiger partial charge on any atom is -0.454 e. The number of hydrogen-bond donors (Lipinski definition) is 1. The number of thioether (sulfide) groups is 1. The fraction of sp³-hybridized carbons (Fsp3) is 0.227. The molecule has 0 aliphatic carbocycles. The van der Waals surface area contributed by atoms with Gasteiger partial charge in [-0.15, -0.1) is 0 Å². The molecule has 0 bridgehead atoms. The average Bonchev–Trinajstić information content (AvgIpc) is 3.29. The number of carbonyl (C=O) groups excluding carboxylic acids is 2. The van der Waals surface area contributed by atoms with Gasteiger partial charge in [-0.1, -0.05) is 42.2 Å². The van der Waals surface area contributed by atoms with Crippen molar-refractivity contribution in [2.45, 2.75) is 13.8 Å². The van der Waals surface area contributed by atoms with Crippen molar-refractivity contribution < 1.29 is 19.1 Å². The number of carbonyl (C=O) groups is 2. The number of aryl methyl sites for hydroxylation is 1. The lowest BCUT2D eigenvalue weighted by Gasteiger charge is -2.15. The highest BCUT2D eigenvalue weighted by atomic mass is 32.2. The lowest BCUT2D eigenvalue weighted by molar-refractivity contribution is -0.122. The van der Waals surface area contributed by atoms with Crippen LogP contribution in [0.1, 0.15) is 27.0 Å². The van der Waals surface area contributed by atoms with Gasteiger partial charge in [0.15, 0.2) is 11.5 Å². The van der Waals surface area contributed by atoms with Gasteiger partial charge in [-0.3, -0.25) is 14.5 Å². The average molecular weight is 441 g/mol. The van der Waals surface area contributed by atoms with Crippen molar-refractivity contribution in [3.05, 3.63) is 63.6 Å². The Morgan fingerprint density at radius 2 is 2.03 bits per heavy atom. The Balaban J connectivity index is 1.38. The van der Waals surface area contributed by atoms with Crippen LogP contribution in [0.3, 0.4) is 0 Å². The maximum absolute atomic E-state index is 12.8. The van der Waals surface area contributed by atoms with Crippen molar-refractivity contribution in [1.29, 1.82) is 0 Å². The van der Waals surface area contributed by atoms with E-state index in [2.05, 4.69) is 5.32 Å². The van der Waals surface area contributed by atoms with E-state index in [1.54, 1.807) is 12.1 Å². The predicted molar refractivity (Wildman–Crippen MR) is 121 cm³/mol. The maximum Gasteiger partial charge on any atom is 0.266 e. The zero-order chi connectivity index (χ0) is 21.3. The van der Waals surface area contributed by atoms with Crippen LogP contribution in [0.2, 0.25) is 0 Å². The van der Waals surface area contributed by atoms with E-state index in [1.165, 1.54) is 16.7 Å². The molecule has 4 rings (SSSR count). The summed E-state index contributed by atoms with van der Waals surface area (Å²) >= 11 is 6.62. The van der Waals surface area contributed by atoms with Gasteiger partial charge in [0.1, 0.15) is 4.32 Å². The van der Waals surface area contributed by atoms with Crippen LogP contribution in [0.5, 0.6) is 11.5 Å². The first kappa shape index (κ1) is 20.4. The molecule has 30 heavy (non-hydrogen) atoms. The molecule has 0 unspecified atom stereocenters. The van der Waals surface area contributed by atoms with Gasteiger partial charge in [0.2, 0.25) is 6.79 Å². The third kappa shape index (κ3) is 4.06. The van der Waals surface area contributed by atoms with Gasteiger partial charge in [0.25, 0.3) is 11.8 Å². The van der Waals surface area contributed by atoms with Gasteiger partial charge in [0, 0.05) is 18.7 Å². The summed E-state index contributed by atoms with van der Waals surface area (Å²) in [5.41, 5.74) is 3.49. The normalized spacial score (nSPS) is 16.5. The molecular weight excluding hydrogens is 420 g/mol. The second-order valence-corrected chi connectivity index (χ2v) is 8.63. The Labute approximate surface area is 184 Å². The summed E-state index contributed by atoms with van der Waals surface area (Å²) in [6.45, 7) is 4.73. The summed E-state index contributed by atoms with van der Waals surface area (Å²) in [5, 5.41) is 2.88. The minimum atomic E-state index is -0.163. The highest BCUT2D eigenvalue weighted by Gasteiger charge is 2.31. The van der Waals surface area contributed by atoms with Gasteiger partial charge in [-0.05, 0) is 54.8 Å². The molecule has 0 atom stereocenters. The van der Waals surface area contributed by atoms with Gasteiger partial charge < -0.3 is 14.8 Å². The molecule has 0 aromatic heterocycles. The Kier molecular flexibility index (Phi) is 5.78. The number of benzene rings is 2. The molecule has 8 heteroatoms. The molecule has 2 aromatic rings. The lowest BCUT2D eigenvalue weighted by atomic mass is 10.0. The van der Waals surface area contributed by atoms with Crippen molar-refractivity contribution in [3.8, 4) is 11.5 Å². The monoisotopic (exact) mass is 440 g/mol. The summed E-state index contributed by atoms with van der Waals surface area (Å²) in [5.74, 6) is 1.04. The third-order valence-corrected chi connectivity index (χ3v) is 6.42. The Morgan fingerprint density at radius 3 is 2.87 bits per heavy atom. The molecule has 1 saturated heterocycles. The quantitative estimate of drug-likeness (QED) is 0.565. The number of ether oxygens (including phenoxy) is 2. The number of fused-ring (bicyclic) bond motifs is 1. The topological polar surface area (TPSA) is 67.9 Å². The van der Waals surface area contributed by atoms with Gasteiger partial charge in [-0.25, -0.2) is 0 Å². The van der Waals surface area contributed by atoms with Crippen LogP contribution in [-0.4, -0.2) is 40.9 Å². The number of nitrogens with zero attached hydrogens (tertiary/aromatic N) is 1. The molecule has 0 spiro atoms. The largest absolute Gasteiger partial charge is 0.454 e. The number of rotatable bonds is 5. The molecule has 2 heterocycles. The van der Waals surface area contributed by atoms with Crippen LogP contribution in [0.4, 0.5) is 0 Å². The fourth-order valence-electron chi connectivity index (χ4n) is 3.22. The second-order valence-electron chi connectivity index (χ2n) is 6.95. The van der Waals surface area contributed by atoms with Gasteiger partial charge in [0.05, 0.1) is 4.91 Å². The van der Waals surface area contributed by atoms with Crippen LogP contribution in [0.15, 0.2) is 41.3 Å². The molecule has 0 radical (unpaired) electrons. The van der Waals surface area contributed by atoms with E-state index in [9.17, 15) is 9.59 Å². The lowest BCUT2D eigenvalue weighted by Crippen LogP contribution is -2.37. The van der Waals surface area contributed by atoms with Crippen LogP contribution in [-0.2, 0) is 4.79 Å². The van der Waals surface area contributed by atoms with Gasteiger partial charge in [-0.2, -0.15) is 0 Å². The van der Waals surface area contributed by atoms with E-state index in [0.29, 0.717) is 39.4 Å². The van der Waals surface area contributed by atoms with Crippen LogP contribution < -0.4 is 14.8 Å². The van der Waals surface area contributed by atoms with Crippen LogP contribution >= 0.6 is 24.0 Å². The summed E-state index contributed by atoms with van der Waals surface area (Å²) < 4.78 is 11.2. The zero-order valence-electron chi connectivity index (χ0n) is 16.6. The molecular formula is C22H20N2O4S2. The third-order valence-electron chi connectivity index (χ3n) is 5.04. The van der Waals surface area contributed by atoms with Crippen molar-refractivity contribution in [3.63, 3.8) is 0 Å². The van der Waals surface area contributed by atoms with E-state index in [0.717, 1.165) is 16.7 Å². The van der Waals surface area contributed by atoms with Crippen molar-refractivity contribution in [2.24, 2.45) is 0 Å². The van der Waals surface area contributed by atoms with E-state index in [-0.39, 0.29) is 18.6 Å². The molecule has 154 valence electrons. The number of nitrogens with one attached hydrogen (secondary N) is 1. The van der Waals surface area contributed by atoms with Crippen molar-refractivity contribution in [1.82, 2.24) is 10.2 Å². The van der Waals surface area contributed by atoms with E-state index in [4.69, 9.17) is 21.7 Å². The smallest absolute Gasteiger partial charge is 0.266 e. The molecule has 2 amide bonds. The Hall–Kier alpha value is -2.84. The zero-order valence-corrected chi connectivity index (χ0v) is 18.2. The SMILES string of the molecule is Cc1cccc(C(=O)NCCN2C(=O)/C(=C\c3ccc4c(c3)OCO4)SC2=S)c1C. The molecule has 1 N–H and O–H groups in total. The van der Waals surface area contributed by atoms with Crippen LogP contribution in [0, 0.1) is 13.8 Å². The van der Waals surface area contributed by atoms with Crippen molar-refractivity contribution >= 4 is 46.2 Å². The molecule has 2 aliphatic heterocycles. The van der Waals surface area contributed by atoms with E-state index >= 15 is 0 Å². The second kappa shape index (κ2) is 8.49. The number of thiocarbonyl (C=S) groups is 1. The summed E-state index contributed by atoms with van der Waals surface area (Å²) in [7, 11) is 0. The molecule has 6 nitrogen and oxygen atoms in total. The molecule has 2 aromatic carbocycles. The number of hydrogen-bond acceptors (Lipinski definition) is 6. The van der Waals surface area contributed by atoms with E-state index < -0.39 is 0 Å². The highest BCUT2D eigenvalue weighted by Crippen LogP contribution is 2.36. The summed E-state index contributed by atoms with van der Waals surface area (Å²) in [4.78, 5) is 27.3. The molecule has 2 aliphatic rings. The van der Waals surface area contributed by atoms with E-state index in [1.807, 2.05) is 44.2 Å². The predicted octanol–water partition coefficient (Wildman–Crippen LogP) is 3.66. The fourth-order valence-corrected chi connectivity index (χ4v) is 4.53. The Bertz CT molecular complexity index is 1080. The first-order valence-electron chi connectivity index (χ1n) is 9.43. The summed E-state index contributed by atoms with van der Waals surface area (Å²) in [6.07, 6.45) is 1.79. The minimum absolute atomic E-state index is 0.155. The van der Waals surface area contributed by atoms with Crippen LogP contribution in [0.25, 0.3) is 6.08 Å². The standard InChI is InChI=1S/C22H20N2O4S2/c1-13-4-3-5-16(14(13)2)20(25)23-8-9-24-21(26)19(30-22(24)29)11-15-6-7-17-18(10-15)28-12-27-17/h3-7,10-11H,8-9,12H2,1-2H3,(H,23,25)/b19-11+. The Morgan fingerprint density at radius 1 is 1.23 bits per heavy atom. The first-order chi connectivity index (χ1) is 14.4. The summed E-state index contributed by atoms with van der Waals surface area (Å²) in [6, 6.07) is 11.1.